The first-order valence-electron chi connectivity index (χ1n) is 4.88. The van der Waals surface area contributed by atoms with Crippen LogP contribution in [0.5, 0.6) is 0 Å². The van der Waals surface area contributed by atoms with Crippen LogP contribution in [0.3, 0.4) is 0 Å². The highest BCUT2D eigenvalue weighted by Crippen LogP contribution is 2.11. The number of Topliss-reactive ketones (excluding diaryl/α,β-unsaturated/α-hetero) is 1. The maximum atomic E-state index is 11.7. The molecular formula is C10H13N3O. The van der Waals surface area contributed by atoms with Gasteiger partial charge in [0.25, 0.3) is 0 Å². The summed E-state index contributed by atoms with van der Waals surface area (Å²) in [7, 11) is 0. The Balaban J connectivity index is 1.95. The standard InChI is InChI=1S/C10H13N3O/c14-10(4-9-2-1-3-13-9)8-5-11-7-12-6-8/h5-7,9,13H,1-4H2. The lowest BCUT2D eigenvalue weighted by Crippen LogP contribution is -2.24. The lowest BCUT2D eigenvalue weighted by molar-refractivity contribution is 0.0971. The van der Waals surface area contributed by atoms with E-state index in [9.17, 15) is 4.79 Å². The minimum atomic E-state index is 0.130. The molecule has 0 aromatic carbocycles. The third-order valence-corrected chi connectivity index (χ3v) is 2.48. The van der Waals surface area contributed by atoms with E-state index in [0.717, 1.165) is 13.0 Å². The Labute approximate surface area is 82.8 Å². The van der Waals surface area contributed by atoms with Crippen molar-refractivity contribution in [3.8, 4) is 0 Å². The molecule has 0 bridgehead atoms. The molecule has 74 valence electrons. The quantitative estimate of drug-likeness (QED) is 0.718. The monoisotopic (exact) mass is 191 g/mol. The highest BCUT2D eigenvalue weighted by atomic mass is 16.1. The summed E-state index contributed by atoms with van der Waals surface area (Å²) in [6, 6.07) is 0.350. The molecule has 14 heavy (non-hydrogen) atoms. The van der Waals surface area contributed by atoms with Crippen molar-refractivity contribution in [1.82, 2.24) is 15.3 Å². The van der Waals surface area contributed by atoms with Crippen LogP contribution >= 0.6 is 0 Å². The first-order chi connectivity index (χ1) is 6.86. The first kappa shape index (κ1) is 9.27. The van der Waals surface area contributed by atoms with Crippen LogP contribution in [0, 0.1) is 0 Å². The fourth-order valence-corrected chi connectivity index (χ4v) is 1.72. The highest BCUT2D eigenvalue weighted by Gasteiger charge is 2.18. The summed E-state index contributed by atoms with van der Waals surface area (Å²) in [5.41, 5.74) is 0.612. The van der Waals surface area contributed by atoms with Gasteiger partial charge in [0, 0.05) is 24.9 Å². The second-order valence-electron chi connectivity index (χ2n) is 3.55. The van der Waals surface area contributed by atoms with Gasteiger partial charge >= 0.3 is 0 Å². The number of nitrogens with one attached hydrogen (secondary N) is 1. The van der Waals surface area contributed by atoms with Gasteiger partial charge in [0.05, 0.1) is 5.56 Å². The average Bonchev–Trinajstić information content (AvgIpc) is 2.72. The zero-order valence-corrected chi connectivity index (χ0v) is 7.94. The topological polar surface area (TPSA) is 54.9 Å². The molecule has 4 nitrogen and oxygen atoms in total. The van der Waals surface area contributed by atoms with Gasteiger partial charge in [0.15, 0.2) is 5.78 Å². The molecule has 1 aromatic heterocycles. The van der Waals surface area contributed by atoms with Gasteiger partial charge < -0.3 is 5.32 Å². The van der Waals surface area contributed by atoms with Crippen LogP contribution < -0.4 is 5.32 Å². The fraction of sp³-hybridized carbons (Fsp3) is 0.500. The Bertz CT molecular complexity index is 306. The normalized spacial score (nSPS) is 21.0. The van der Waals surface area contributed by atoms with Crippen molar-refractivity contribution in [2.24, 2.45) is 0 Å². The number of nitrogens with zero attached hydrogens (tertiary/aromatic N) is 2. The molecule has 1 atom stereocenters. The number of hydrogen-bond donors (Lipinski definition) is 1. The molecule has 0 radical (unpaired) electrons. The van der Waals surface area contributed by atoms with E-state index in [0.29, 0.717) is 18.0 Å². The van der Waals surface area contributed by atoms with E-state index in [1.807, 2.05) is 0 Å². The Kier molecular flexibility index (Phi) is 2.84. The highest BCUT2D eigenvalue weighted by molar-refractivity contribution is 5.95. The zero-order valence-electron chi connectivity index (χ0n) is 7.94. The molecule has 0 amide bonds. The molecule has 1 fully saturated rings. The molecule has 2 rings (SSSR count). The molecule has 2 heterocycles. The second kappa shape index (κ2) is 4.28. The molecule has 1 aromatic rings. The summed E-state index contributed by atoms with van der Waals surface area (Å²) in [5, 5.41) is 3.30. The largest absolute Gasteiger partial charge is 0.314 e. The predicted octanol–water partition coefficient (Wildman–Crippen LogP) is 0.801. The van der Waals surface area contributed by atoms with Crippen molar-refractivity contribution >= 4 is 5.78 Å². The number of rotatable bonds is 3. The van der Waals surface area contributed by atoms with Crippen molar-refractivity contribution in [3.05, 3.63) is 24.3 Å². The van der Waals surface area contributed by atoms with Gasteiger partial charge in [-0.05, 0) is 19.4 Å². The minimum Gasteiger partial charge on any atom is -0.314 e. The summed E-state index contributed by atoms with van der Waals surface area (Å²) < 4.78 is 0. The zero-order chi connectivity index (χ0) is 9.80. The van der Waals surface area contributed by atoms with Crippen molar-refractivity contribution in [1.29, 1.82) is 0 Å². The average molecular weight is 191 g/mol. The summed E-state index contributed by atoms with van der Waals surface area (Å²) >= 11 is 0. The second-order valence-corrected chi connectivity index (χ2v) is 3.55. The van der Waals surface area contributed by atoms with Crippen molar-refractivity contribution in [2.75, 3.05) is 6.54 Å². The minimum absolute atomic E-state index is 0.130. The summed E-state index contributed by atoms with van der Waals surface area (Å²) in [4.78, 5) is 19.3. The maximum Gasteiger partial charge on any atom is 0.167 e. The van der Waals surface area contributed by atoms with Gasteiger partial charge in [-0.25, -0.2) is 9.97 Å². The summed E-state index contributed by atoms with van der Waals surface area (Å²) in [5.74, 6) is 0.130. The van der Waals surface area contributed by atoms with E-state index >= 15 is 0 Å². The molecule has 4 heteroatoms. The molecule has 1 saturated heterocycles. The van der Waals surface area contributed by atoms with Crippen molar-refractivity contribution < 1.29 is 4.79 Å². The van der Waals surface area contributed by atoms with Crippen LogP contribution in [-0.2, 0) is 0 Å². The van der Waals surface area contributed by atoms with Gasteiger partial charge in [-0.15, -0.1) is 0 Å². The molecule has 0 saturated carbocycles. The number of carbonyl (C=O) groups excluding carboxylic acids is 1. The van der Waals surface area contributed by atoms with Crippen molar-refractivity contribution in [3.63, 3.8) is 0 Å². The van der Waals surface area contributed by atoms with E-state index in [1.165, 1.54) is 12.7 Å². The Morgan fingerprint density at radius 3 is 2.93 bits per heavy atom. The SMILES string of the molecule is O=C(CC1CCCN1)c1cncnc1. The Hall–Kier alpha value is -1.29. The van der Waals surface area contributed by atoms with Crippen LogP contribution in [0.4, 0.5) is 0 Å². The number of ketones is 1. The first-order valence-corrected chi connectivity index (χ1v) is 4.88. The molecule has 1 aliphatic rings. The van der Waals surface area contributed by atoms with E-state index in [4.69, 9.17) is 0 Å². The van der Waals surface area contributed by atoms with Crippen LogP contribution in [0.2, 0.25) is 0 Å². The summed E-state index contributed by atoms with van der Waals surface area (Å²) in [6.07, 6.45) is 7.41. The third-order valence-electron chi connectivity index (χ3n) is 2.48. The van der Waals surface area contributed by atoms with Gasteiger partial charge in [-0.3, -0.25) is 4.79 Å². The number of hydrogen-bond acceptors (Lipinski definition) is 4. The number of carbonyl (C=O) groups is 1. The van der Waals surface area contributed by atoms with Gasteiger partial charge in [-0.2, -0.15) is 0 Å². The predicted molar refractivity (Wildman–Crippen MR) is 52.0 cm³/mol. The molecule has 0 aliphatic carbocycles. The lowest BCUT2D eigenvalue weighted by atomic mass is 10.1. The molecule has 1 unspecified atom stereocenters. The fourth-order valence-electron chi connectivity index (χ4n) is 1.72. The molecule has 1 aliphatic heterocycles. The van der Waals surface area contributed by atoms with Crippen LogP contribution in [0.25, 0.3) is 0 Å². The van der Waals surface area contributed by atoms with E-state index in [1.54, 1.807) is 12.4 Å². The third kappa shape index (κ3) is 2.14. The Morgan fingerprint density at radius 2 is 2.29 bits per heavy atom. The Morgan fingerprint density at radius 1 is 1.50 bits per heavy atom. The molecular weight excluding hydrogens is 178 g/mol. The number of aromatic nitrogens is 2. The van der Waals surface area contributed by atoms with E-state index in [-0.39, 0.29) is 5.78 Å². The van der Waals surface area contributed by atoms with Crippen LogP contribution in [0.1, 0.15) is 29.6 Å². The van der Waals surface area contributed by atoms with Crippen LogP contribution in [0.15, 0.2) is 18.7 Å². The van der Waals surface area contributed by atoms with Crippen LogP contribution in [-0.4, -0.2) is 28.3 Å². The van der Waals surface area contributed by atoms with Gasteiger partial charge in [-0.1, -0.05) is 0 Å². The lowest BCUT2D eigenvalue weighted by Gasteiger charge is -2.07. The maximum absolute atomic E-state index is 11.7. The summed E-state index contributed by atoms with van der Waals surface area (Å²) in [6.45, 7) is 1.03. The smallest absolute Gasteiger partial charge is 0.167 e. The van der Waals surface area contributed by atoms with E-state index in [2.05, 4.69) is 15.3 Å². The van der Waals surface area contributed by atoms with Gasteiger partial charge in [0.2, 0.25) is 0 Å². The van der Waals surface area contributed by atoms with E-state index < -0.39 is 0 Å². The van der Waals surface area contributed by atoms with Crippen molar-refractivity contribution in [2.45, 2.75) is 25.3 Å². The van der Waals surface area contributed by atoms with Gasteiger partial charge in [0.1, 0.15) is 6.33 Å². The molecule has 0 spiro atoms. The molecule has 1 N–H and O–H groups in total.